The molecule has 0 aromatic rings. The summed E-state index contributed by atoms with van der Waals surface area (Å²) in [5.41, 5.74) is -1.15. The molecular weight excluding hydrogens is 196 g/mol. The first-order valence-electron chi connectivity index (χ1n) is 5.13. The van der Waals surface area contributed by atoms with E-state index in [1.165, 1.54) is 25.8 Å². The van der Waals surface area contributed by atoms with Crippen molar-refractivity contribution in [1.82, 2.24) is 9.80 Å². The van der Waals surface area contributed by atoms with Gasteiger partial charge in [0.1, 0.15) is 5.54 Å². The Balaban J connectivity index is 2.70. The molecule has 5 heteroatoms. The van der Waals surface area contributed by atoms with Crippen molar-refractivity contribution in [1.29, 1.82) is 0 Å². The van der Waals surface area contributed by atoms with E-state index < -0.39 is 11.5 Å². The zero-order chi connectivity index (χ0) is 11.6. The number of nitrogens with zero attached hydrogens (tertiary/aromatic N) is 2. The summed E-state index contributed by atoms with van der Waals surface area (Å²) in [6.45, 7) is 4.53. The molecule has 15 heavy (non-hydrogen) atoms. The second kappa shape index (κ2) is 4.08. The number of hydrogen-bond donors (Lipinski definition) is 1. The third-order valence-corrected chi connectivity index (χ3v) is 3.03. The maximum Gasteiger partial charge on any atom is 0.329 e. The monoisotopic (exact) mass is 214 g/mol. The molecule has 0 aliphatic carbocycles. The number of likely N-dealkylation sites (N-methyl/N-ethyl adjacent to an activating group) is 1. The molecule has 1 saturated heterocycles. The van der Waals surface area contributed by atoms with Crippen LogP contribution in [0.2, 0.25) is 0 Å². The summed E-state index contributed by atoms with van der Waals surface area (Å²) in [5.74, 6) is -0.988. The van der Waals surface area contributed by atoms with Crippen molar-refractivity contribution in [3.8, 4) is 0 Å². The molecular formula is C10H18N2O3. The molecule has 5 nitrogen and oxygen atoms in total. The van der Waals surface area contributed by atoms with Crippen molar-refractivity contribution in [2.75, 3.05) is 20.1 Å². The van der Waals surface area contributed by atoms with Gasteiger partial charge in [0.15, 0.2) is 0 Å². The Hall–Kier alpha value is -1.26. The molecule has 0 saturated carbocycles. The van der Waals surface area contributed by atoms with Crippen LogP contribution in [-0.4, -0.2) is 52.6 Å². The van der Waals surface area contributed by atoms with Crippen LogP contribution in [0, 0.1) is 0 Å². The van der Waals surface area contributed by atoms with Gasteiger partial charge in [0.25, 0.3) is 0 Å². The van der Waals surface area contributed by atoms with Gasteiger partial charge in [-0.1, -0.05) is 0 Å². The number of carbonyl (C=O) groups is 2. The van der Waals surface area contributed by atoms with Crippen LogP contribution in [0.1, 0.15) is 26.7 Å². The Morgan fingerprint density at radius 2 is 1.73 bits per heavy atom. The topological polar surface area (TPSA) is 60.9 Å². The lowest BCUT2D eigenvalue weighted by atomic mass is 10.0. The Bertz CT molecular complexity index is 270. The highest BCUT2D eigenvalue weighted by molar-refractivity contribution is 5.85. The number of amides is 2. The van der Waals surface area contributed by atoms with E-state index in [2.05, 4.69) is 0 Å². The van der Waals surface area contributed by atoms with Crippen LogP contribution < -0.4 is 0 Å². The molecule has 0 bridgehead atoms. The van der Waals surface area contributed by atoms with Crippen LogP contribution in [0.5, 0.6) is 0 Å². The minimum Gasteiger partial charge on any atom is -0.480 e. The number of rotatable bonds is 2. The minimum absolute atomic E-state index is 0.195. The van der Waals surface area contributed by atoms with Gasteiger partial charge in [0.2, 0.25) is 0 Å². The summed E-state index contributed by atoms with van der Waals surface area (Å²) in [7, 11) is 1.54. The normalized spacial score (nSPS) is 16.6. The quantitative estimate of drug-likeness (QED) is 0.746. The van der Waals surface area contributed by atoms with Gasteiger partial charge in [-0.05, 0) is 26.7 Å². The van der Waals surface area contributed by atoms with Crippen LogP contribution in [0.15, 0.2) is 0 Å². The molecule has 1 N–H and O–H groups in total. The molecule has 1 heterocycles. The van der Waals surface area contributed by atoms with Crippen LogP contribution in [0.3, 0.4) is 0 Å². The molecule has 0 atom stereocenters. The van der Waals surface area contributed by atoms with Crippen molar-refractivity contribution in [3.63, 3.8) is 0 Å². The van der Waals surface area contributed by atoms with Gasteiger partial charge in [-0.25, -0.2) is 9.59 Å². The second-order valence-electron chi connectivity index (χ2n) is 4.40. The molecule has 1 fully saturated rings. The summed E-state index contributed by atoms with van der Waals surface area (Å²) >= 11 is 0. The van der Waals surface area contributed by atoms with E-state index in [1.807, 2.05) is 0 Å². The molecule has 0 aromatic carbocycles. The highest BCUT2D eigenvalue weighted by Crippen LogP contribution is 2.17. The van der Waals surface area contributed by atoms with Gasteiger partial charge in [-0.3, -0.25) is 0 Å². The third-order valence-electron chi connectivity index (χ3n) is 3.03. The fraction of sp³-hybridized carbons (Fsp3) is 0.800. The number of likely N-dealkylation sites (tertiary alicyclic amines) is 1. The average molecular weight is 214 g/mol. The standard InChI is InChI=1S/C10H18N2O3/c1-10(2,8(13)14)11(3)9(15)12-6-4-5-7-12/h4-7H2,1-3H3,(H,13,14). The minimum atomic E-state index is -1.15. The molecule has 0 spiro atoms. The van der Waals surface area contributed by atoms with E-state index in [0.29, 0.717) is 0 Å². The van der Waals surface area contributed by atoms with Crippen LogP contribution in [-0.2, 0) is 4.79 Å². The van der Waals surface area contributed by atoms with Crippen molar-refractivity contribution in [2.45, 2.75) is 32.2 Å². The molecule has 0 aromatic heterocycles. The van der Waals surface area contributed by atoms with Gasteiger partial charge in [-0.2, -0.15) is 0 Å². The predicted octanol–water partition coefficient (Wildman–Crippen LogP) is 0.997. The number of carboxylic acid groups (broad SMARTS) is 1. The zero-order valence-corrected chi connectivity index (χ0v) is 9.49. The predicted molar refractivity (Wildman–Crippen MR) is 55.7 cm³/mol. The largest absolute Gasteiger partial charge is 0.480 e. The first-order valence-corrected chi connectivity index (χ1v) is 5.13. The maximum atomic E-state index is 11.9. The molecule has 86 valence electrons. The average Bonchev–Trinajstić information content (AvgIpc) is 2.67. The Morgan fingerprint density at radius 1 is 1.27 bits per heavy atom. The Kier molecular flexibility index (Phi) is 3.21. The van der Waals surface area contributed by atoms with E-state index in [4.69, 9.17) is 5.11 Å². The number of aliphatic carboxylic acids is 1. The van der Waals surface area contributed by atoms with E-state index in [1.54, 1.807) is 4.90 Å². The lowest BCUT2D eigenvalue weighted by Crippen LogP contribution is -2.54. The smallest absolute Gasteiger partial charge is 0.329 e. The van der Waals surface area contributed by atoms with Gasteiger partial charge in [0.05, 0.1) is 0 Å². The second-order valence-corrected chi connectivity index (χ2v) is 4.40. The third kappa shape index (κ3) is 2.22. The molecule has 1 rings (SSSR count). The van der Waals surface area contributed by atoms with E-state index in [0.717, 1.165) is 25.9 Å². The fourth-order valence-corrected chi connectivity index (χ4v) is 1.50. The summed E-state index contributed by atoms with van der Waals surface area (Å²) < 4.78 is 0. The number of hydrogen-bond acceptors (Lipinski definition) is 2. The van der Waals surface area contributed by atoms with Crippen LogP contribution in [0.25, 0.3) is 0 Å². The van der Waals surface area contributed by atoms with Gasteiger partial charge in [-0.15, -0.1) is 0 Å². The highest BCUT2D eigenvalue weighted by atomic mass is 16.4. The SMILES string of the molecule is CN(C(=O)N1CCCC1)C(C)(C)C(=O)O. The van der Waals surface area contributed by atoms with Gasteiger partial charge in [0, 0.05) is 20.1 Å². The molecule has 0 radical (unpaired) electrons. The maximum absolute atomic E-state index is 11.9. The Morgan fingerprint density at radius 3 is 2.13 bits per heavy atom. The number of carboxylic acids is 1. The van der Waals surface area contributed by atoms with Crippen molar-refractivity contribution >= 4 is 12.0 Å². The first-order chi connectivity index (χ1) is 6.87. The summed E-state index contributed by atoms with van der Waals surface area (Å²) in [6.07, 6.45) is 2.01. The van der Waals surface area contributed by atoms with Crippen LogP contribution >= 0.6 is 0 Å². The van der Waals surface area contributed by atoms with E-state index in [-0.39, 0.29) is 6.03 Å². The fourth-order valence-electron chi connectivity index (χ4n) is 1.50. The first kappa shape index (κ1) is 11.8. The summed E-state index contributed by atoms with van der Waals surface area (Å²) in [5, 5.41) is 8.99. The molecule has 2 amide bonds. The van der Waals surface area contributed by atoms with Gasteiger partial charge >= 0.3 is 12.0 Å². The lowest BCUT2D eigenvalue weighted by molar-refractivity contribution is -0.147. The summed E-state index contributed by atoms with van der Waals surface area (Å²) in [6, 6.07) is -0.195. The van der Waals surface area contributed by atoms with E-state index >= 15 is 0 Å². The summed E-state index contributed by atoms with van der Waals surface area (Å²) in [4.78, 5) is 25.8. The van der Waals surface area contributed by atoms with Crippen molar-refractivity contribution in [2.24, 2.45) is 0 Å². The Labute approximate surface area is 89.7 Å². The van der Waals surface area contributed by atoms with E-state index in [9.17, 15) is 9.59 Å². The molecule has 0 unspecified atom stereocenters. The number of carbonyl (C=O) groups excluding carboxylic acids is 1. The van der Waals surface area contributed by atoms with Gasteiger partial charge < -0.3 is 14.9 Å². The molecule has 1 aliphatic rings. The zero-order valence-electron chi connectivity index (χ0n) is 9.49. The van der Waals surface area contributed by atoms with Crippen LogP contribution in [0.4, 0.5) is 4.79 Å². The lowest BCUT2D eigenvalue weighted by Gasteiger charge is -2.34. The number of urea groups is 1. The molecule has 1 aliphatic heterocycles. The van der Waals surface area contributed by atoms with Crippen molar-refractivity contribution < 1.29 is 14.7 Å². The highest BCUT2D eigenvalue weighted by Gasteiger charge is 2.37. The van der Waals surface area contributed by atoms with Crippen molar-refractivity contribution in [3.05, 3.63) is 0 Å².